The van der Waals surface area contributed by atoms with Crippen LogP contribution in [0.1, 0.15) is 22.3 Å². The van der Waals surface area contributed by atoms with Crippen LogP contribution in [-0.2, 0) is 11.4 Å². The molecule has 4 heteroatoms. The molecule has 3 rings (SSSR count). The predicted octanol–water partition coefficient (Wildman–Crippen LogP) is 5.21. The summed E-state index contributed by atoms with van der Waals surface area (Å²) in [7, 11) is 1.57. The van der Waals surface area contributed by atoms with Gasteiger partial charge in [-0.2, -0.15) is 0 Å². The molecule has 0 aliphatic carbocycles. The molecule has 0 saturated heterocycles. The van der Waals surface area contributed by atoms with Crippen molar-refractivity contribution >= 4 is 17.6 Å². The first-order chi connectivity index (χ1) is 13.5. The van der Waals surface area contributed by atoms with E-state index in [-0.39, 0.29) is 5.57 Å². The zero-order valence-corrected chi connectivity index (χ0v) is 15.9. The summed E-state index contributed by atoms with van der Waals surface area (Å²) in [5.74, 6) is 0.381. The topological polar surface area (TPSA) is 55.8 Å². The highest BCUT2D eigenvalue weighted by Gasteiger charge is 2.11. The highest BCUT2D eigenvalue weighted by Crippen LogP contribution is 2.23. The molecule has 0 aliphatic rings. The Bertz CT molecular complexity index is 987. The number of carboxylic acid groups (broad SMARTS) is 1. The Labute approximate surface area is 164 Å². The smallest absolute Gasteiger partial charge is 0.336 e. The fraction of sp³-hybridized carbons (Fsp3) is 0.125. The first kappa shape index (κ1) is 19.2. The molecule has 0 fully saturated rings. The van der Waals surface area contributed by atoms with Gasteiger partial charge in [-0.1, -0.05) is 54.1 Å². The third-order valence-corrected chi connectivity index (χ3v) is 4.29. The van der Waals surface area contributed by atoms with Gasteiger partial charge in [-0.15, -0.1) is 0 Å². The Morgan fingerprint density at radius 1 is 0.964 bits per heavy atom. The van der Waals surface area contributed by atoms with Crippen LogP contribution in [0.3, 0.4) is 0 Å². The molecule has 0 spiro atoms. The van der Waals surface area contributed by atoms with Crippen LogP contribution in [-0.4, -0.2) is 18.2 Å². The number of carbonyl (C=O) groups is 1. The Hall–Kier alpha value is -3.53. The van der Waals surface area contributed by atoms with Gasteiger partial charge < -0.3 is 14.6 Å². The summed E-state index contributed by atoms with van der Waals surface area (Å²) in [6, 6.07) is 22.5. The van der Waals surface area contributed by atoms with Gasteiger partial charge in [-0.3, -0.25) is 0 Å². The molecule has 0 radical (unpaired) electrons. The van der Waals surface area contributed by atoms with Gasteiger partial charge in [0.2, 0.25) is 0 Å². The largest absolute Gasteiger partial charge is 0.497 e. The lowest BCUT2D eigenvalue weighted by molar-refractivity contribution is -0.130. The minimum atomic E-state index is -0.990. The molecule has 0 amide bonds. The summed E-state index contributed by atoms with van der Waals surface area (Å²) in [5.41, 5.74) is 3.85. The lowest BCUT2D eigenvalue weighted by atomic mass is 10.0. The van der Waals surface area contributed by atoms with Crippen molar-refractivity contribution in [2.75, 3.05) is 7.11 Å². The number of aliphatic carboxylic acids is 1. The minimum Gasteiger partial charge on any atom is -0.497 e. The van der Waals surface area contributed by atoms with E-state index in [9.17, 15) is 9.90 Å². The van der Waals surface area contributed by atoms with Crippen LogP contribution in [0, 0.1) is 6.92 Å². The SMILES string of the molecule is COc1ccc(/C(=C/c2cccc(OCc3cccc(C)c3)c2)C(=O)O)cc1. The molecule has 0 heterocycles. The second-order valence-electron chi connectivity index (χ2n) is 6.44. The Balaban J connectivity index is 1.81. The predicted molar refractivity (Wildman–Crippen MR) is 110 cm³/mol. The molecule has 0 aliphatic heterocycles. The third kappa shape index (κ3) is 5.01. The lowest BCUT2D eigenvalue weighted by Gasteiger charge is -2.09. The van der Waals surface area contributed by atoms with Crippen molar-refractivity contribution in [2.45, 2.75) is 13.5 Å². The zero-order valence-electron chi connectivity index (χ0n) is 15.9. The first-order valence-corrected chi connectivity index (χ1v) is 8.93. The van der Waals surface area contributed by atoms with E-state index < -0.39 is 5.97 Å². The number of aryl methyl sites for hydroxylation is 1. The number of hydrogen-bond donors (Lipinski definition) is 1. The molecule has 142 valence electrons. The molecule has 1 N–H and O–H groups in total. The van der Waals surface area contributed by atoms with E-state index in [2.05, 4.69) is 6.07 Å². The maximum absolute atomic E-state index is 11.8. The van der Waals surface area contributed by atoms with Crippen LogP contribution in [0.25, 0.3) is 11.6 Å². The number of rotatable bonds is 7. The number of carboxylic acids is 1. The second-order valence-corrected chi connectivity index (χ2v) is 6.44. The summed E-state index contributed by atoms with van der Waals surface area (Å²) in [4.78, 5) is 11.8. The van der Waals surface area contributed by atoms with E-state index in [0.29, 0.717) is 23.7 Å². The van der Waals surface area contributed by atoms with Gasteiger partial charge >= 0.3 is 5.97 Å². The van der Waals surface area contributed by atoms with E-state index in [0.717, 1.165) is 11.1 Å². The molecule has 0 unspecified atom stereocenters. The van der Waals surface area contributed by atoms with Crippen LogP contribution in [0.5, 0.6) is 11.5 Å². The number of benzene rings is 3. The molecule has 0 bridgehead atoms. The fourth-order valence-electron chi connectivity index (χ4n) is 2.87. The average molecular weight is 374 g/mol. The number of hydrogen-bond acceptors (Lipinski definition) is 3. The molecular formula is C24H22O4. The van der Waals surface area contributed by atoms with E-state index in [1.165, 1.54) is 5.56 Å². The van der Waals surface area contributed by atoms with Crippen molar-refractivity contribution in [2.24, 2.45) is 0 Å². The van der Waals surface area contributed by atoms with Crippen molar-refractivity contribution in [3.63, 3.8) is 0 Å². The molecule has 28 heavy (non-hydrogen) atoms. The molecule has 4 nitrogen and oxygen atoms in total. The van der Waals surface area contributed by atoms with E-state index in [4.69, 9.17) is 9.47 Å². The highest BCUT2D eigenvalue weighted by molar-refractivity contribution is 6.20. The standard InChI is InChI=1S/C24H22O4/c1-17-5-3-7-19(13-17)16-28-22-8-4-6-18(14-22)15-23(24(25)26)20-9-11-21(27-2)12-10-20/h3-15H,16H2,1-2H3,(H,25,26)/b23-15-. The first-order valence-electron chi connectivity index (χ1n) is 8.93. The van der Waals surface area contributed by atoms with Crippen LogP contribution in [0.2, 0.25) is 0 Å². The normalized spacial score (nSPS) is 11.1. The highest BCUT2D eigenvalue weighted by atomic mass is 16.5. The second kappa shape index (κ2) is 8.91. The van der Waals surface area contributed by atoms with E-state index in [1.807, 2.05) is 49.4 Å². The number of ether oxygens (including phenoxy) is 2. The molecule has 3 aromatic carbocycles. The Morgan fingerprint density at radius 2 is 1.71 bits per heavy atom. The molecular weight excluding hydrogens is 352 g/mol. The van der Waals surface area contributed by atoms with Gasteiger partial charge in [0.1, 0.15) is 18.1 Å². The molecule has 0 aromatic heterocycles. The molecule has 3 aromatic rings. The summed E-state index contributed by atoms with van der Waals surface area (Å²) >= 11 is 0. The van der Waals surface area contributed by atoms with Crippen LogP contribution in [0.15, 0.2) is 72.8 Å². The monoisotopic (exact) mass is 374 g/mol. The Kier molecular flexibility index (Phi) is 6.12. The van der Waals surface area contributed by atoms with Crippen LogP contribution < -0.4 is 9.47 Å². The maximum atomic E-state index is 11.8. The van der Waals surface area contributed by atoms with E-state index >= 15 is 0 Å². The average Bonchev–Trinajstić information content (AvgIpc) is 2.71. The summed E-state index contributed by atoms with van der Waals surface area (Å²) < 4.78 is 11.0. The van der Waals surface area contributed by atoms with Crippen molar-refractivity contribution < 1.29 is 19.4 Å². The van der Waals surface area contributed by atoms with Gasteiger partial charge in [0.05, 0.1) is 12.7 Å². The van der Waals surface area contributed by atoms with Gasteiger partial charge in [-0.05, 0) is 54.0 Å². The van der Waals surface area contributed by atoms with E-state index in [1.54, 1.807) is 37.5 Å². The summed E-state index contributed by atoms with van der Waals surface area (Å²) in [6.07, 6.45) is 1.64. The van der Waals surface area contributed by atoms with Crippen molar-refractivity contribution in [3.05, 3.63) is 95.1 Å². The van der Waals surface area contributed by atoms with Crippen molar-refractivity contribution in [1.82, 2.24) is 0 Å². The quantitative estimate of drug-likeness (QED) is 0.456. The van der Waals surface area contributed by atoms with Gasteiger partial charge in [0, 0.05) is 0 Å². The molecule has 0 saturated carbocycles. The Morgan fingerprint density at radius 3 is 2.39 bits per heavy atom. The van der Waals surface area contributed by atoms with Crippen LogP contribution in [0.4, 0.5) is 0 Å². The third-order valence-electron chi connectivity index (χ3n) is 4.29. The fourth-order valence-corrected chi connectivity index (χ4v) is 2.87. The molecule has 0 atom stereocenters. The lowest BCUT2D eigenvalue weighted by Crippen LogP contribution is -2.00. The van der Waals surface area contributed by atoms with Crippen LogP contribution >= 0.6 is 0 Å². The summed E-state index contributed by atoms with van der Waals surface area (Å²) in [5, 5.41) is 9.63. The maximum Gasteiger partial charge on any atom is 0.336 e. The number of methoxy groups -OCH3 is 1. The zero-order chi connectivity index (χ0) is 19.9. The van der Waals surface area contributed by atoms with Crippen molar-refractivity contribution in [3.8, 4) is 11.5 Å². The van der Waals surface area contributed by atoms with Gasteiger partial charge in [0.25, 0.3) is 0 Å². The van der Waals surface area contributed by atoms with Gasteiger partial charge in [-0.25, -0.2) is 4.79 Å². The summed E-state index contributed by atoms with van der Waals surface area (Å²) in [6.45, 7) is 2.50. The van der Waals surface area contributed by atoms with Crippen molar-refractivity contribution in [1.29, 1.82) is 0 Å². The van der Waals surface area contributed by atoms with Gasteiger partial charge in [0.15, 0.2) is 0 Å². The minimum absolute atomic E-state index is 0.207.